The van der Waals surface area contributed by atoms with Crippen molar-refractivity contribution >= 4 is 17.1 Å². The van der Waals surface area contributed by atoms with Gasteiger partial charge in [-0.05, 0) is 154 Å². The summed E-state index contributed by atoms with van der Waals surface area (Å²) < 4.78 is 0. The molecule has 0 atom stereocenters. The van der Waals surface area contributed by atoms with Crippen LogP contribution < -0.4 is 4.90 Å². The number of benzene rings is 6. The molecule has 0 unspecified atom stereocenters. The highest BCUT2D eigenvalue weighted by Crippen LogP contribution is 2.52. The van der Waals surface area contributed by atoms with E-state index in [9.17, 15) is 0 Å². The molecule has 1 heteroatoms. The molecule has 0 radical (unpaired) electrons. The minimum atomic E-state index is -0.0721. The summed E-state index contributed by atoms with van der Waals surface area (Å²) >= 11 is 0. The fourth-order valence-electron chi connectivity index (χ4n) is 11.5. The highest BCUT2D eigenvalue weighted by atomic mass is 15.1. The highest BCUT2D eigenvalue weighted by Gasteiger charge is 2.37. The van der Waals surface area contributed by atoms with Crippen molar-refractivity contribution in [2.45, 2.75) is 133 Å². The summed E-state index contributed by atoms with van der Waals surface area (Å²) in [6, 6.07) is 52.2. The lowest BCUT2D eigenvalue weighted by atomic mass is 9.79. The van der Waals surface area contributed by atoms with E-state index in [1.54, 1.807) is 5.56 Å². The summed E-state index contributed by atoms with van der Waals surface area (Å²) in [5.41, 5.74) is 19.1. The molecule has 0 aromatic heterocycles. The van der Waals surface area contributed by atoms with Crippen LogP contribution in [0, 0.1) is 0 Å². The van der Waals surface area contributed by atoms with Crippen molar-refractivity contribution in [1.29, 1.82) is 0 Å². The van der Waals surface area contributed by atoms with Crippen molar-refractivity contribution in [3.8, 4) is 33.4 Å². The van der Waals surface area contributed by atoms with Crippen molar-refractivity contribution in [3.63, 3.8) is 0 Å². The average Bonchev–Trinajstić information content (AvgIpc) is 3.52. The molecule has 0 aliphatic heterocycles. The zero-order valence-corrected chi connectivity index (χ0v) is 35.0. The van der Waals surface area contributed by atoms with Gasteiger partial charge in [-0.3, -0.25) is 0 Å². The van der Waals surface area contributed by atoms with E-state index in [4.69, 9.17) is 0 Å². The summed E-state index contributed by atoms with van der Waals surface area (Å²) in [5, 5.41) is 0. The van der Waals surface area contributed by atoms with E-state index in [0.29, 0.717) is 11.8 Å². The SMILES string of the molecule is CC1(C)c2cc(C3CCCCC3)ccc2-c2ccc(N(c3ccc(-c4ccc(C5CCCCC5)cc4)cc3)c3ccc(-c4ccccc4C4CCCCC4)cc3)cc21. The second-order valence-corrected chi connectivity index (χ2v) is 18.8. The number of fused-ring (bicyclic) bond motifs is 3. The summed E-state index contributed by atoms with van der Waals surface area (Å²) in [6.07, 6.45) is 20.3. The maximum Gasteiger partial charge on any atom is 0.0465 e. The molecule has 6 aromatic rings. The predicted molar refractivity (Wildman–Crippen MR) is 247 cm³/mol. The van der Waals surface area contributed by atoms with Crippen LogP contribution >= 0.6 is 0 Å². The molecular weight excluding hydrogens is 699 g/mol. The van der Waals surface area contributed by atoms with Crippen LogP contribution in [-0.2, 0) is 5.41 Å². The minimum Gasteiger partial charge on any atom is -0.310 e. The Morgan fingerprint density at radius 1 is 0.379 bits per heavy atom. The normalized spacial score (nSPS) is 18.4. The zero-order chi connectivity index (χ0) is 39.1. The molecule has 0 bridgehead atoms. The minimum absolute atomic E-state index is 0.0721. The Kier molecular flexibility index (Phi) is 10.3. The molecule has 4 aliphatic rings. The van der Waals surface area contributed by atoms with Crippen LogP contribution in [0.2, 0.25) is 0 Å². The molecule has 0 N–H and O–H groups in total. The van der Waals surface area contributed by atoms with Gasteiger partial charge in [0.15, 0.2) is 0 Å². The van der Waals surface area contributed by atoms with Gasteiger partial charge in [-0.25, -0.2) is 0 Å². The van der Waals surface area contributed by atoms with E-state index in [1.807, 2.05) is 0 Å². The standard InChI is InChI=1S/C57H61N/c1-57(2)55-38-47(41-16-8-4-9-17-41)30-36-53(55)54-37-35-50(39-56(54)57)58(48-31-26-44(27-32-48)43-24-22-42(23-25-43)40-14-6-3-7-15-40)49-33-28-46(29-34-49)52-21-13-12-20-51(52)45-18-10-5-11-19-45/h12-13,20-41,45H,3-11,14-19H2,1-2H3. The third kappa shape index (κ3) is 7.14. The maximum absolute atomic E-state index is 2.58. The van der Waals surface area contributed by atoms with Gasteiger partial charge in [-0.2, -0.15) is 0 Å². The Labute approximate surface area is 348 Å². The van der Waals surface area contributed by atoms with Crippen LogP contribution in [0.15, 0.2) is 133 Å². The third-order valence-electron chi connectivity index (χ3n) is 14.9. The van der Waals surface area contributed by atoms with Gasteiger partial charge in [0.2, 0.25) is 0 Å². The average molecular weight is 760 g/mol. The first-order chi connectivity index (χ1) is 28.5. The van der Waals surface area contributed by atoms with Gasteiger partial charge in [-0.15, -0.1) is 0 Å². The first-order valence-corrected chi connectivity index (χ1v) is 23.0. The number of anilines is 3. The molecule has 0 amide bonds. The molecule has 58 heavy (non-hydrogen) atoms. The largest absolute Gasteiger partial charge is 0.310 e. The van der Waals surface area contributed by atoms with Crippen molar-refractivity contribution in [2.24, 2.45) is 0 Å². The lowest BCUT2D eigenvalue weighted by Crippen LogP contribution is -2.17. The zero-order valence-electron chi connectivity index (χ0n) is 35.0. The van der Waals surface area contributed by atoms with Crippen molar-refractivity contribution < 1.29 is 0 Å². The van der Waals surface area contributed by atoms with E-state index >= 15 is 0 Å². The quantitative estimate of drug-likeness (QED) is 0.149. The van der Waals surface area contributed by atoms with Crippen LogP contribution in [0.5, 0.6) is 0 Å². The van der Waals surface area contributed by atoms with Gasteiger partial charge in [-0.1, -0.05) is 169 Å². The molecule has 0 spiro atoms. The van der Waals surface area contributed by atoms with Gasteiger partial charge in [0.05, 0.1) is 0 Å². The highest BCUT2D eigenvalue weighted by molar-refractivity contribution is 5.86. The van der Waals surface area contributed by atoms with E-state index in [-0.39, 0.29) is 5.41 Å². The number of rotatable bonds is 8. The third-order valence-corrected chi connectivity index (χ3v) is 14.9. The second kappa shape index (κ2) is 16.1. The van der Waals surface area contributed by atoms with Crippen molar-refractivity contribution in [3.05, 3.63) is 161 Å². The van der Waals surface area contributed by atoms with E-state index < -0.39 is 0 Å². The van der Waals surface area contributed by atoms with Crippen LogP contribution in [0.1, 0.15) is 156 Å². The number of hydrogen-bond donors (Lipinski definition) is 0. The predicted octanol–water partition coefficient (Wildman–Crippen LogP) is 16.9. The van der Waals surface area contributed by atoms with Gasteiger partial charge in [0, 0.05) is 22.5 Å². The molecule has 3 saturated carbocycles. The maximum atomic E-state index is 2.58. The topological polar surface area (TPSA) is 3.24 Å². The smallest absolute Gasteiger partial charge is 0.0465 e. The van der Waals surface area contributed by atoms with Crippen LogP contribution in [0.4, 0.5) is 17.1 Å². The molecular formula is C57H61N. The first kappa shape index (κ1) is 37.4. The van der Waals surface area contributed by atoms with Crippen molar-refractivity contribution in [1.82, 2.24) is 0 Å². The van der Waals surface area contributed by atoms with E-state index in [0.717, 1.165) is 5.92 Å². The molecule has 0 saturated heterocycles. The number of nitrogens with zero attached hydrogens (tertiary/aromatic N) is 1. The Morgan fingerprint density at radius 2 is 0.828 bits per heavy atom. The molecule has 0 heterocycles. The van der Waals surface area contributed by atoms with Gasteiger partial charge >= 0.3 is 0 Å². The first-order valence-electron chi connectivity index (χ1n) is 23.0. The summed E-state index contributed by atoms with van der Waals surface area (Å²) in [4.78, 5) is 2.49. The van der Waals surface area contributed by atoms with Crippen LogP contribution in [-0.4, -0.2) is 0 Å². The monoisotopic (exact) mass is 759 g/mol. The van der Waals surface area contributed by atoms with Gasteiger partial charge in [0.1, 0.15) is 0 Å². The fraction of sp³-hybridized carbons (Fsp3) is 0.368. The van der Waals surface area contributed by atoms with E-state index in [1.165, 1.54) is 169 Å². The molecule has 10 rings (SSSR count). The Morgan fingerprint density at radius 3 is 1.43 bits per heavy atom. The Bertz CT molecular complexity index is 2340. The number of hydrogen-bond acceptors (Lipinski definition) is 1. The van der Waals surface area contributed by atoms with Gasteiger partial charge in [0.25, 0.3) is 0 Å². The molecule has 3 fully saturated rings. The lowest BCUT2D eigenvalue weighted by Gasteiger charge is -2.29. The Hall–Kier alpha value is -4.88. The van der Waals surface area contributed by atoms with E-state index in [2.05, 4.69) is 152 Å². The lowest BCUT2D eigenvalue weighted by molar-refractivity contribution is 0.443. The van der Waals surface area contributed by atoms with Crippen LogP contribution in [0.3, 0.4) is 0 Å². The van der Waals surface area contributed by atoms with Crippen LogP contribution in [0.25, 0.3) is 33.4 Å². The Balaban J connectivity index is 1.01. The molecule has 6 aromatic carbocycles. The fourth-order valence-corrected chi connectivity index (χ4v) is 11.5. The summed E-state index contributed by atoms with van der Waals surface area (Å²) in [5.74, 6) is 2.11. The second-order valence-electron chi connectivity index (χ2n) is 18.8. The van der Waals surface area contributed by atoms with Gasteiger partial charge < -0.3 is 4.90 Å². The summed E-state index contributed by atoms with van der Waals surface area (Å²) in [6.45, 7) is 4.90. The molecule has 294 valence electrons. The molecule has 4 aliphatic carbocycles. The summed E-state index contributed by atoms with van der Waals surface area (Å²) in [7, 11) is 0. The van der Waals surface area contributed by atoms with Crippen molar-refractivity contribution in [2.75, 3.05) is 4.90 Å². The molecule has 1 nitrogen and oxygen atoms in total.